The Morgan fingerprint density at radius 1 is 1.33 bits per heavy atom. The molecule has 0 saturated heterocycles. The van der Waals surface area contributed by atoms with Crippen LogP contribution in [0.15, 0.2) is 42.5 Å². The zero-order chi connectivity index (χ0) is 13.0. The molecule has 1 saturated carbocycles. The molecular formula is C18H22. The van der Waals surface area contributed by atoms with Gasteiger partial charge in [-0.3, -0.25) is 0 Å². The van der Waals surface area contributed by atoms with Crippen molar-refractivity contribution in [3.63, 3.8) is 0 Å². The lowest BCUT2D eigenvalue weighted by molar-refractivity contribution is 0.566. The Morgan fingerprint density at radius 2 is 2.06 bits per heavy atom. The van der Waals surface area contributed by atoms with Crippen molar-refractivity contribution in [1.82, 2.24) is 0 Å². The topological polar surface area (TPSA) is 0 Å². The van der Waals surface area contributed by atoms with E-state index in [1.807, 2.05) is 0 Å². The largest absolute Gasteiger partial charge is 0.0995 e. The third kappa shape index (κ3) is 3.26. The van der Waals surface area contributed by atoms with Gasteiger partial charge in [0, 0.05) is 11.8 Å². The van der Waals surface area contributed by atoms with E-state index in [4.69, 9.17) is 0 Å². The van der Waals surface area contributed by atoms with E-state index < -0.39 is 0 Å². The first-order valence-corrected chi connectivity index (χ1v) is 6.89. The van der Waals surface area contributed by atoms with E-state index in [2.05, 4.69) is 62.6 Å². The van der Waals surface area contributed by atoms with E-state index in [0.29, 0.717) is 17.8 Å². The van der Waals surface area contributed by atoms with Crippen molar-refractivity contribution in [3.8, 4) is 11.8 Å². The summed E-state index contributed by atoms with van der Waals surface area (Å²) in [7, 11) is 0. The second-order valence-electron chi connectivity index (χ2n) is 5.47. The van der Waals surface area contributed by atoms with E-state index >= 15 is 0 Å². The summed E-state index contributed by atoms with van der Waals surface area (Å²) in [5, 5.41) is 0. The Morgan fingerprint density at radius 3 is 2.67 bits per heavy atom. The van der Waals surface area contributed by atoms with Gasteiger partial charge in [-0.2, -0.15) is 0 Å². The van der Waals surface area contributed by atoms with Gasteiger partial charge in [-0.25, -0.2) is 0 Å². The second kappa shape index (κ2) is 5.91. The van der Waals surface area contributed by atoms with Crippen molar-refractivity contribution in [2.75, 3.05) is 0 Å². The minimum Gasteiger partial charge on any atom is -0.0995 e. The molecule has 0 aliphatic heterocycles. The molecule has 1 aromatic rings. The third-order valence-electron chi connectivity index (χ3n) is 3.92. The van der Waals surface area contributed by atoms with Crippen LogP contribution < -0.4 is 0 Å². The van der Waals surface area contributed by atoms with Gasteiger partial charge in [0.15, 0.2) is 0 Å². The minimum atomic E-state index is 0.438. The molecule has 0 amide bonds. The summed E-state index contributed by atoms with van der Waals surface area (Å²) in [6.45, 7) is 8.59. The van der Waals surface area contributed by atoms with Crippen LogP contribution in [0.1, 0.15) is 32.3 Å². The molecule has 0 radical (unpaired) electrons. The molecule has 1 aliphatic carbocycles. The van der Waals surface area contributed by atoms with Crippen LogP contribution in [0.2, 0.25) is 0 Å². The van der Waals surface area contributed by atoms with E-state index in [1.165, 1.54) is 17.6 Å². The van der Waals surface area contributed by atoms with E-state index in [9.17, 15) is 0 Å². The molecule has 94 valence electrons. The van der Waals surface area contributed by atoms with Crippen LogP contribution in [0.5, 0.6) is 0 Å². The molecule has 0 bridgehead atoms. The van der Waals surface area contributed by atoms with E-state index in [1.54, 1.807) is 0 Å². The van der Waals surface area contributed by atoms with Gasteiger partial charge >= 0.3 is 0 Å². The highest BCUT2D eigenvalue weighted by Gasteiger charge is 2.24. The molecule has 0 N–H and O–H groups in total. The highest BCUT2D eigenvalue weighted by Crippen LogP contribution is 2.34. The average Bonchev–Trinajstić information content (AvgIpc) is 2.69. The predicted octanol–water partition coefficient (Wildman–Crippen LogP) is 4.47. The molecule has 3 atom stereocenters. The van der Waals surface area contributed by atoms with Crippen LogP contribution in [-0.2, 0) is 6.42 Å². The first-order chi connectivity index (χ1) is 8.66. The van der Waals surface area contributed by atoms with Gasteiger partial charge in [-0.1, -0.05) is 68.2 Å². The molecule has 18 heavy (non-hydrogen) atoms. The molecule has 0 nitrogen and oxygen atoms in total. The molecule has 0 spiro atoms. The fraction of sp³-hybridized carbons (Fsp3) is 0.444. The summed E-state index contributed by atoms with van der Waals surface area (Å²) in [6, 6.07) is 10.6. The van der Waals surface area contributed by atoms with Crippen LogP contribution >= 0.6 is 0 Å². The maximum absolute atomic E-state index is 4.11. The zero-order valence-corrected chi connectivity index (χ0v) is 11.4. The molecule has 0 aromatic heterocycles. The molecule has 2 rings (SSSR count). The Bertz CT molecular complexity index is 458. The number of hydrogen-bond acceptors (Lipinski definition) is 0. The standard InChI is InChI=1S/C18H22/c1-14(13-17-7-5-4-6-8-17)9-11-18-12-10-15(2)16(18)3/h4-8,14,16,18H,2,10,12-13H2,1,3H3. The lowest BCUT2D eigenvalue weighted by atomic mass is 9.95. The number of benzene rings is 1. The number of hydrogen-bond donors (Lipinski definition) is 0. The Hall–Kier alpha value is -1.48. The van der Waals surface area contributed by atoms with Gasteiger partial charge in [0.2, 0.25) is 0 Å². The predicted molar refractivity (Wildman–Crippen MR) is 78.1 cm³/mol. The van der Waals surface area contributed by atoms with E-state index in [0.717, 1.165) is 12.8 Å². The van der Waals surface area contributed by atoms with Crippen LogP contribution in [0, 0.1) is 29.6 Å². The van der Waals surface area contributed by atoms with Gasteiger partial charge in [0.05, 0.1) is 0 Å². The van der Waals surface area contributed by atoms with Crippen LogP contribution in [0.3, 0.4) is 0 Å². The Balaban J connectivity index is 1.92. The number of rotatable bonds is 2. The fourth-order valence-corrected chi connectivity index (χ4v) is 2.57. The van der Waals surface area contributed by atoms with Crippen molar-refractivity contribution < 1.29 is 0 Å². The number of allylic oxidation sites excluding steroid dienone is 1. The molecule has 0 heteroatoms. The first-order valence-electron chi connectivity index (χ1n) is 6.89. The quantitative estimate of drug-likeness (QED) is 0.527. The highest BCUT2D eigenvalue weighted by atomic mass is 14.3. The molecule has 1 fully saturated rings. The van der Waals surface area contributed by atoms with Gasteiger partial charge in [-0.15, -0.1) is 0 Å². The third-order valence-corrected chi connectivity index (χ3v) is 3.92. The summed E-state index contributed by atoms with van der Waals surface area (Å²) < 4.78 is 0. The van der Waals surface area contributed by atoms with Gasteiger partial charge in [0.25, 0.3) is 0 Å². The van der Waals surface area contributed by atoms with Gasteiger partial charge in [-0.05, 0) is 30.7 Å². The van der Waals surface area contributed by atoms with Crippen LogP contribution in [-0.4, -0.2) is 0 Å². The maximum Gasteiger partial charge on any atom is 0.0268 e. The van der Waals surface area contributed by atoms with Crippen molar-refractivity contribution in [2.24, 2.45) is 17.8 Å². The first kappa shape index (κ1) is 13.0. The van der Waals surface area contributed by atoms with Crippen molar-refractivity contribution in [1.29, 1.82) is 0 Å². The van der Waals surface area contributed by atoms with Gasteiger partial charge < -0.3 is 0 Å². The fourth-order valence-electron chi connectivity index (χ4n) is 2.57. The summed E-state index contributed by atoms with van der Waals surface area (Å²) in [4.78, 5) is 0. The minimum absolute atomic E-state index is 0.438. The van der Waals surface area contributed by atoms with Crippen LogP contribution in [0.25, 0.3) is 0 Å². The maximum atomic E-state index is 4.11. The molecule has 1 aliphatic rings. The van der Waals surface area contributed by atoms with Crippen molar-refractivity contribution in [2.45, 2.75) is 33.1 Å². The normalized spacial score (nSPS) is 24.4. The lowest BCUT2D eigenvalue weighted by Gasteiger charge is -2.09. The second-order valence-corrected chi connectivity index (χ2v) is 5.47. The van der Waals surface area contributed by atoms with Crippen LogP contribution in [0.4, 0.5) is 0 Å². The summed E-state index contributed by atoms with van der Waals surface area (Å²) >= 11 is 0. The monoisotopic (exact) mass is 238 g/mol. The lowest BCUT2D eigenvalue weighted by Crippen LogP contribution is -2.03. The van der Waals surface area contributed by atoms with Crippen molar-refractivity contribution >= 4 is 0 Å². The van der Waals surface area contributed by atoms with Gasteiger partial charge in [0.1, 0.15) is 0 Å². The Kier molecular flexibility index (Phi) is 4.26. The smallest absolute Gasteiger partial charge is 0.0268 e. The Labute approximate surface area is 111 Å². The molecular weight excluding hydrogens is 216 g/mol. The zero-order valence-electron chi connectivity index (χ0n) is 11.4. The molecule has 3 unspecified atom stereocenters. The highest BCUT2D eigenvalue weighted by molar-refractivity contribution is 5.21. The summed E-state index contributed by atoms with van der Waals surface area (Å²) in [5.74, 6) is 8.46. The van der Waals surface area contributed by atoms with E-state index in [-0.39, 0.29) is 0 Å². The average molecular weight is 238 g/mol. The molecule has 1 aromatic carbocycles. The summed E-state index contributed by atoms with van der Waals surface area (Å²) in [6.07, 6.45) is 3.41. The SMILES string of the molecule is C=C1CCC(C#CC(C)Cc2ccccc2)C1C. The van der Waals surface area contributed by atoms with Crippen molar-refractivity contribution in [3.05, 3.63) is 48.0 Å². The molecule has 0 heterocycles. The summed E-state index contributed by atoms with van der Waals surface area (Å²) in [5.41, 5.74) is 2.76.